The molecular formula is H7ClGeSi2. The Kier molecular flexibility index (Phi) is 19.9. The van der Waals surface area contributed by atoms with Crippen LogP contribution in [0.15, 0.2) is 0 Å². The second-order valence-corrected chi connectivity index (χ2v) is 5.10. The Morgan fingerprint density at radius 3 is 1.75 bits per heavy atom. The molecule has 0 unspecified atom stereocenters. The maximum atomic E-state index is 5.15. The molecule has 0 aliphatic carbocycles. The van der Waals surface area contributed by atoms with Gasteiger partial charge in [-0.05, 0) is 0 Å². The second-order valence-electron chi connectivity index (χ2n) is 0.189. The van der Waals surface area contributed by atoms with Crippen LogP contribution in [0.1, 0.15) is 0 Å². The third kappa shape index (κ3) is 10.5. The molecule has 0 aromatic heterocycles. The van der Waals surface area contributed by atoms with Crippen LogP contribution in [0, 0.1) is 0 Å². The van der Waals surface area contributed by atoms with E-state index in [9.17, 15) is 0 Å². The molecule has 4 heteroatoms. The SMILES string of the molecule is [GeH3].[SiH2][SiH2]Cl. The van der Waals surface area contributed by atoms with Gasteiger partial charge in [0.2, 0.25) is 0 Å². The number of halogens is 1. The molecule has 2 radical (unpaired) electrons. The van der Waals surface area contributed by atoms with Crippen LogP contribution in [0.25, 0.3) is 0 Å². The van der Waals surface area contributed by atoms with E-state index in [0.717, 1.165) is 0 Å². The Morgan fingerprint density at radius 2 is 1.75 bits per heavy atom. The topological polar surface area (TPSA) is 0 Å². The first kappa shape index (κ1) is 8.98. The van der Waals surface area contributed by atoms with E-state index in [1.165, 1.54) is 0 Å². The Labute approximate surface area is 47.0 Å². The Balaban J connectivity index is 0. The van der Waals surface area contributed by atoms with Crippen LogP contribution < -0.4 is 0 Å². The molecule has 0 spiro atoms. The summed E-state index contributed by atoms with van der Waals surface area (Å²) in [4.78, 5) is 0. The zero-order chi connectivity index (χ0) is 2.71. The molecule has 0 N–H and O–H groups in total. The monoisotopic (exact) mass is 172 g/mol. The van der Waals surface area contributed by atoms with E-state index in [4.69, 9.17) is 11.1 Å². The van der Waals surface area contributed by atoms with E-state index in [0.29, 0.717) is 0 Å². The second kappa shape index (κ2) is 8.86. The van der Waals surface area contributed by atoms with Crippen LogP contribution in [0.3, 0.4) is 0 Å². The largest absolute Gasteiger partial charge is 0.181 e. The summed E-state index contributed by atoms with van der Waals surface area (Å²) in [5.41, 5.74) is 0. The van der Waals surface area contributed by atoms with Crippen molar-refractivity contribution in [1.82, 2.24) is 0 Å². The molecule has 0 fully saturated rings. The van der Waals surface area contributed by atoms with Crippen molar-refractivity contribution >= 4 is 46.8 Å². The van der Waals surface area contributed by atoms with Gasteiger partial charge in [0.05, 0.1) is 0 Å². The molecule has 0 rings (SSSR count). The molecular weight excluding hydrogens is 164 g/mol. The fourth-order valence-corrected chi connectivity index (χ4v) is 0. The number of hydrogen-bond donors (Lipinski definition) is 0. The van der Waals surface area contributed by atoms with Gasteiger partial charge in [0, 0.05) is 9.76 Å². The Hall–Kier alpha value is 1.27. The van der Waals surface area contributed by atoms with Crippen LogP contribution in [0.2, 0.25) is 0 Å². The fraction of sp³-hybridized carbons (Fsp3) is 0. The molecule has 0 heterocycles. The van der Waals surface area contributed by atoms with Crippen LogP contribution in [0.4, 0.5) is 0 Å². The minimum Gasteiger partial charge on any atom is -0.181 e. The van der Waals surface area contributed by atoms with E-state index in [-0.39, 0.29) is 25.9 Å². The fourth-order valence-electron chi connectivity index (χ4n) is 0. The standard InChI is InChI=1S/ClH4Si2.GeH3/c1-3-2;/h2-3H2;1H3. The molecule has 0 saturated heterocycles. The number of rotatable bonds is 0. The molecule has 4 heavy (non-hydrogen) atoms. The van der Waals surface area contributed by atoms with Crippen molar-refractivity contribution in [2.24, 2.45) is 0 Å². The minimum absolute atomic E-state index is 0. The summed E-state index contributed by atoms with van der Waals surface area (Å²) in [6.45, 7) is 0. The van der Waals surface area contributed by atoms with Gasteiger partial charge >= 0.3 is 17.6 Å². The zero-order valence-corrected chi connectivity index (χ0v) is 10.6. The van der Waals surface area contributed by atoms with E-state index in [2.05, 4.69) is 0 Å². The van der Waals surface area contributed by atoms with Gasteiger partial charge in [0.1, 0.15) is 8.35 Å². The minimum atomic E-state index is -0.0833. The van der Waals surface area contributed by atoms with Crippen LogP contribution in [-0.4, -0.2) is 35.7 Å². The maximum absolute atomic E-state index is 5.15. The quantitative estimate of drug-likeness (QED) is 0.283. The molecule has 0 nitrogen and oxygen atoms in total. The summed E-state index contributed by atoms with van der Waals surface area (Å²) in [6.07, 6.45) is 0. The van der Waals surface area contributed by atoms with Gasteiger partial charge in [0.15, 0.2) is 0 Å². The smallest absolute Gasteiger partial charge is 0.106 e. The normalized spacial score (nSPS) is 7.50. The van der Waals surface area contributed by atoms with Gasteiger partial charge in [-0.25, -0.2) is 0 Å². The van der Waals surface area contributed by atoms with Crippen molar-refractivity contribution in [2.45, 2.75) is 0 Å². The first-order chi connectivity index (χ1) is 1.41. The predicted octanol–water partition coefficient (Wildman–Crippen LogP) is -2.33. The summed E-state index contributed by atoms with van der Waals surface area (Å²) in [5.74, 6) is 0. The van der Waals surface area contributed by atoms with Gasteiger partial charge in [-0.1, -0.05) is 0 Å². The number of hydrogen-bond acceptors (Lipinski definition) is 0. The van der Waals surface area contributed by atoms with Crippen LogP contribution >= 0.6 is 11.1 Å². The molecule has 0 amide bonds. The van der Waals surface area contributed by atoms with Crippen molar-refractivity contribution in [3.8, 4) is 0 Å². The first-order valence-electron chi connectivity index (χ1n) is 0.767. The third-order valence-corrected chi connectivity index (χ3v) is 0. The van der Waals surface area contributed by atoms with E-state index in [1.54, 1.807) is 0 Å². The maximum Gasteiger partial charge on any atom is 0.106 e. The average molecular weight is 171 g/mol. The van der Waals surface area contributed by atoms with E-state index >= 15 is 0 Å². The van der Waals surface area contributed by atoms with Crippen molar-refractivity contribution in [2.75, 3.05) is 0 Å². The van der Waals surface area contributed by atoms with E-state index in [1.807, 2.05) is 9.76 Å². The van der Waals surface area contributed by atoms with Crippen molar-refractivity contribution in [1.29, 1.82) is 0 Å². The molecule has 0 aliphatic heterocycles. The predicted molar refractivity (Wildman–Crippen MR) is 32.9 cm³/mol. The summed E-state index contributed by atoms with van der Waals surface area (Å²) >= 11 is 5.15. The van der Waals surface area contributed by atoms with Gasteiger partial charge in [-0.2, -0.15) is 11.1 Å². The molecule has 0 aliphatic rings. The van der Waals surface area contributed by atoms with Gasteiger partial charge < -0.3 is 0 Å². The van der Waals surface area contributed by atoms with Crippen molar-refractivity contribution in [3.05, 3.63) is 0 Å². The summed E-state index contributed by atoms with van der Waals surface area (Å²) in [6, 6.07) is 0. The van der Waals surface area contributed by atoms with E-state index < -0.39 is 0 Å². The summed E-state index contributed by atoms with van der Waals surface area (Å²) in [7, 11) is 1.79. The van der Waals surface area contributed by atoms with Crippen molar-refractivity contribution < 1.29 is 0 Å². The van der Waals surface area contributed by atoms with Gasteiger partial charge in [0.25, 0.3) is 0 Å². The first-order valence-corrected chi connectivity index (χ1v) is 6.91. The van der Waals surface area contributed by atoms with Gasteiger partial charge in [-0.3, -0.25) is 0 Å². The van der Waals surface area contributed by atoms with Crippen molar-refractivity contribution in [3.63, 3.8) is 0 Å². The Bertz CT molecular complexity index is 6.00. The van der Waals surface area contributed by atoms with Crippen LogP contribution in [0.5, 0.6) is 0 Å². The van der Waals surface area contributed by atoms with Crippen LogP contribution in [-0.2, 0) is 0 Å². The zero-order valence-electron chi connectivity index (χ0n) is 2.79. The molecule has 0 atom stereocenters. The molecule has 0 aromatic carbocycles. The summed E-state index contributed by atoms with van der Waals surface area (Å²) < 4.78 is 0. The summed E-state index contributed by atoms with van der Waals surface area (Å²) in [5, 5.41) is 0. The molecule has 0 aromatic rings. The molecule has 0 bridgehead atoms. The Morgan fingerprint density at radius 1 is 1.75 bits per heavy atom. The van der Waals surface area contributed by atoms with Gasteiger partial charge in [-0.15, -0.1) is 0 Å². The average Bonchev–Trinajstić information content (AvgIpc) is 0.918. The molecule has 0 saturated carbocycles. The molecule has 26 valence electrons. The third-order valence-electron chi connectivity index (χ3n) is 0.